The maximum absolute atomic E-state index is 11.9. The minimum Gasteiger partial charge on any atom is -0.351 e. The molecule has 1 amide bonds. The van der Waals surface area contributed by atoms with Gasteiger partial charge in [-0.2, -0.15) is 0 Å². The number of benzene rings is 1. The maximum atomic E-state index is 11.9. The van der Waals surface area contributed by atoms with Gasteiger partial charge in [-0.1, -0.05) is 35.7 Å². The highest BCUT2D eigenvalue weighted by molar-refractivity contribution is 6.35. The highest BCUT2D eigenvalue weighted by Gasteiger charge is 2.20. The number of nitrogens with one attached hydrogen (secondary N) is 2. The van der Waals surface area contributed by atoms with Crippen LogP contribution in [0.3, 0.4) is 0 Å². The van der Waals surface area contributed by atoms with Gasteiger partial charge in [0, 0.05) is 16.6 Å². The molecule has 1 atom stereocenters. The third-order valence-electron chi connectivity index (χ3n) is 3.09. The van der Waals surface area contributed by atoms with Gasteiger partial charge >= 0.3 is 0 Å². The fourth-order valence-electron chi connectivity index (χ4n) is 2.05. The molecule has 0 aliphatic carbocycles. The van der Waals surface area contributed by atoms with Crippen LogP contribution in [0.5, 0.6) is 0 Å². The average molecular weight is 287 g/mol. The number of piperidine rings is 1. The molecule has 2 rings (SSSR count). The lowest BCUT2D eigenvalue weighted by Gasteiger charge is -2.22. The average Bonchev–Trinajstić information content (AvgIpc) is 2.38. The zero-order valence-electron chi connectivity index (χ0n) is 10.0. The molecular formula is C13H16Cl2N2O. The van der Waals surface area contributed by atoms with Gasteiger partial charge in [-0.3, -0.25) is 4.79 Å². The van der Waals surface area contributed by atoms with Crippen molar-refractivity contribution in [3.63, 3.8) is 0 Å². The van der Waals surface area contributed by atoms with E-state index in [2.05, 4.69) is 10.6 Å². The largest absolute Gasteiger partial charge is 0.351 e. The van der Waals surface area contributed by atoms with Crippen molar-refractivity contribution < 1.29 is 4.79 Å². The SMILES string of the molecule is O=C(NCc1ccc(Cl)cc1Cl)C1CCCCN1. The summed E-state index contributed by atoms with van der Waals surface area (Å²) in [6.45, 7) is 1.35. The Balaban J connectivity index is 1.88. The molecule has 98 valence electrons. The number of halogens is 2. The monoisotopic (exact) mass is 286 g/mol. The van der Waals surface area contributed by atoms with E-state index < -0.39 is 0 Å². The van der Waals surface area contributed by atoms with E-state index in [1.165, 1.54) is 0 Å². The normalized spacial score (nSPS) is 19.6. The van der Waals surface area contributed by atoms with Gasteiger partial charge in [-0.15, -0.1) is 0 Å². The lowest BCUT2D eigenvalue weighted by Crippen LogP contribution is -2.46. The molecule has 0 spiro atoms. The lowest BCUT2D eigenvalue weighted by atomic mass is 10.0. The van der Waals surface area contributed by atoms with E-state index in [1.54, 1.807) is 12.1 Å². The molecule has 1 aromatic carbocycles. The molecule has 1 aromatic rings. The van der Waals surface area contributed by atoms with E-state index in [-0.39, 0.29) is 11.9 Å². The third-order valence-corrected chi connectivity index (χ3v) is 3.68. The standard InChI is InChI=1S/C13H16Cl2N2O/c14-10-5-4-9(11(15)7-10)8-17-13(18)12-3-1-2-6-16-12/h4-5,7,12,16H,1-3,6,8H2,(H,17,18). The number of carbonyl (C=O) groups is 1. The van der Waals surface area contributed by atoms with Gasteiger partial charge in [0.1, 0.15) is 0 Å². The van der Waals surface area contributed by atoms with Crippen LogP contribution in [0.4, 0.5) is 0 Å². The number of hydrogen-bond acceptors (Lipinski definition) is 2. The molecule has 18 heavy (non-hydrogen) atoms. The van der Waals surface area contributed by atoms with Crippen molar-refractivity contribution in [2.75, 3.05) is 6.54 Å². The number of amides is 1. The van der Waals surface area contributed by atoms with Crippen LogP contribution in [-0.2, 0) is 11.3 Å². The highest BCUT2D eigenvalue weighted by Crippen LogP contribution is 2.20. The summed E-state index contributed by atoms with van der Waals surface area (Å²) in [5.74, 6) is 0.0423. The van der Waals surface area contributed by atoms with Crippen molar-refractivity contribution in [3.05, 3.63) is 33.8 Å². The first-order chi connectivity index (χ1) is 8.66. The van der Waals surface area contributed by atoms with Crippen molar-refractivity contribution in [3.8, 4) is 0 Å². The topological polar surface area (TPSA) is 41.1 Å². The number of rotatable bonds is 3. The quantitative estimate of drug-likeness (QED) is 0.897. The summed E-state index contributed by atoms with van der Waals surface area (Å²) in [7, 11) is 0. The Labute approximate surface area is 117 Å². The first-order valence-electron chi connectivity index (χ1n) is 6.12. The molecule has 0 bridgehead atoms. The summed E-state index contributed by atoms with van der Waals surface area (Å²) < 4.78 is 0. The zero-order valence-corrected chi connectivity index (χ0v) is 11.5. The molecule has 3 nitrogen and oxygen atoms in total. The molecule has 2 N–H and O–H groups in total. The Kier molecular flexibility index (Phi) is 4.87. The van der Waals surface area contributed by atoms with Crippen LogP contribution in [0.15, 0.2) is 18.2 Å². The Hall–Kier alpha value is -0.770. The van der Waals surface area contributed by atoms with Crippen molar-refractivity contribution in [2.24, 2.45) is 0 Å². The Morgan fingerprint density at radius 2 is 2.22 bits per heavy atom. The van der Waals surface area contributed by atoms with E-state index in [1.807, 2.05) is 6.07 Å². The molecule has 1 saturated heterocycles. The van der Waals surface area contributed by atoms with Crippen LogP contribution in [0.1, 0.15) is 24.8 Å². The van der Waals surface area contributed by atoms with Crippen LogP contribution in [0.2, 0.25) is 10.0 Å². The Morgan fingerprint density at radius 3 is 2.89 bits per heavy atom. The van der Waals surface area contributed by atoms with E-state index in [0.717, 1.165) is 31.4 Å². The minimum atomic E-state index is -0.0650. The second-order valence-electron chi connectivity index (χ2n) is 4.46. The van der Waals surface area contributed by atoms with E-state index >= 15 is 0 Å². The second-order valence-corrected chi connectivity index (χ2v) is 5.30. The lowest BCUT2D eigenvalue weighted by molar-refractivity contribution is -0.123. The molecule has 5 heteroatoms. The fraction of sp³-hybridized carbons (Fsp3) is 0.462. The molecular weight excluding hydrogens is 271 g/mol. The zero-order chi connectivity index (χ0) is 13.0. The molecule has 0 radical (unpaired) electrons. The smallest absolute Gasteiger partial charge is 0.237 e. The van der Waals surface area contributed by atoms with E-state index in [0.29, 0.717) is 16.6 Å². The first kappa shape index (κ1) is 13.7. The molecule has 0 saturated carbocycles. The molecule has 0 aromatic heterocycles. The Morgan fingerprint density at radius 1 is 1.39 bits per heavy atom. The summed E-state index contributed by atoms with van der Waals surface area (Å²) in [6.07, 6.45) is 3.15. The fourth-order valence-corrected chi connectivity index (χ4v) is 2.52. The van der Waals surface area contributed by atoms with E-state index in [4.69, 9.17) is 23.2 Å². The highest BCUT2D eigenvalue weighted by atomic mass is 35.5. The van der Waals surface area contributed by atoms with Gasteiger partial charge in [0.25, 0.3) is 0 Å². The minimum absolute atomic E-state index is 0.0423. The Bertz CT molecular complexity index is 431. The van der Waals surface area contributed by atoms with Crippen LogP contribution in [0, 0.1) is 0 Å². The van der Waals surface area contributed by atoms with Gasteiger partial charge < -0.3 is 10.6 Å². The summed E-state index contributed by atoms with van der Waals surface area (Å²) in [5.41, 5.74) is 0.880. The van der Waals surface area contributed by atoms with Crippen LogP contribution >= 0.6 is 23.2 Å². The molecule has 1 aliphatic rings. The van der Waals surface area contributed by atoms with Crippen molar-refractivity contribution in [1.82, 2.24) is 10.6 Å². The van der Waals surface area contributed by atoms with Crippen LogP contribution in [0.25, 0.3) is 0 Å². The van der Waals surface area contributed by atoms with Gasteiger partial charge in [-0.25, -0.2) is 0 Å². The number of hydrogen-bond donors (Lipinski definition) is 2. The van der Waals surface area contributed by atoms with Gasteiger partial charge in [-0.05, 0) is 37.1 Å². The van der Waals surface area contributed by atoms with Gasteiger partial charge in [0.05, 0.1) is 6.04 Å². The molecule has 1 heterocycles. The molecule has 1 unspecified atom stereocenters. The second kappa shape index (κ2) is 6.41. The number of carbonyl (C=O) groups excluding carboxylic acids is 1. The summed E-state index contributed by atoms with van der Waals surface area (Å²) in [6, 6.07) is 5.22. The summed E-state index contributed by atoms with van der Waals surface area (Å²) >= 11 is 11.9. The van der Waals surface area contributed by atoms with Crippen LogP contribution < -0.4 is 10.6 Å². The first-order valence-corrected chi connectivity index (χ1v) is 6.87. The molecule has 1 fully saturated rings. The van der Waals surface area contributed by atoms with E-state index in [9.17, 15) is 4.79 Å². The van der Waals surface area contributed by atoms with Crippen molar-refractivity contribution in [2.45, 2.75) is 31.8 Å². The maximum Gasteiger partial charge on any atom is 0.237 e. The van der Waals surface area contributed by atoms with Gasteiger partial charge in [0.15, 0.2) is 0 Å². The van der Waals surface area contributed by atoms with Crippen molar-refractivity contribution in [1.29, 1.82) is 0 Å². The summed E-state index contributed by atoms with van der Waals surface area (Å²) in [4.78, 5) is 11.9. The van der Waals surface area contributed by atoms with Gasteiger partial charge in [0.2, 0.25) is 5.91 Å². The summed E-state index contributed by atoms with van der Waals surface area (Å²) in [5, 5.41) is 7.30. The van der Waals surface area contributed by atoms with Crippen LogP contribution in [-0.4, -0.2) is 18.5 Å². The molecule has 1 aliphatic heterocycles. The predicted octanol–water partition coefficient (Wildman–Crippen LogP) is 2.75. The van der Waals surface area contributed by atoms with Crippen molar-refractivity contribution >= 4 is 29.1 Å². The predicted molar refractivity (Wildman–Crippen MR) is 74.0 cm³/mol. The third kappa shape index (κ3) is 3.61.